The van der Waals surface area contributed by atoms with Gasteiger partial charge in [0.05, 0.1) is 26.5 Å². The standard InChI is InChI=1S/C21H22N6O5S2/c1-31-18-13-19(32-2)24-20(23-18)25-21(26-22-14-15-9-5-4-6-10-15)27-34(29,30)17-12-8-7-11-16(17)33(3)28/h4-14H,1-3H3,(H2,23,24,25,26,27). The summed E-state index contributed by atoms with van der Waals surface area (Å²) in [5, 5.41) is 10.6. The maximum atomic E-state index is 13.1. The topological polar surface area (TPSA) is 150 Å². The van der Waals surface area contributed by atoms with Crippen LogP contribution in [0.25, 0.3) is 0 Å². The van der Waals surface area contributed by atoms with E-state index in [4.69, 9.17) is 9.47 Å². The number of ether oxygens (including phenoxy) is 2. The molecule has 3 aromatic rings. The van der Waals surface area contributed by atoms with Crippen LogP contribution in [-0.2, 0) is 21.2 Å². The molecule has 0 fully saturated rings. The molecule has 34 heavy (non-hydrogen) atoms. The number of hydrogen-bond acceptors (Lipinski definition) is 9. The van der Waals surface area contributed by atoms with E-state index in [2.05, 4.69) is 30.2 Å². The fourth-order valence-electron chi connectivity index (χ4n) is 2.63. The van der Waals surface area contributed by atoms with E-state index in [-0.39, 0.29) is 33.5 Å². The van der Waals surface area contributed by atoms with Gasteiger partial charge in [-0.15, -0.1) is 5.10 Å². The van der Waals surface area contributed by atoms with Crippen molar-refractivity contribution in [2.24, 2.45) is 10.2 Å². The lowest BCUT2D eigenvalue weighted by molar-refractivity contribution is 0.373. The van der Waals surface area contributed by atoms with E-state index in [9.17, 15) is 13.0 Å². The quantitative estimate of drug-likeness (QED) is 0.206. The van der Waals surface area contributed by atoms with Gasteiger partial charge in [0.1, 0.15) is 11.2 Å². The van der Waals surface area contributed by atoms with Gasteiger partial charge in [-0.1, -0.05) is 42.5 Å². The molecule has 2 N–H and O–H groups in total. The molecule has 178 valence electrons. The van der Waals surface area contributed by atoms with Crippen molar-refractivity contribution in [3.05, 3.63) is 66.2 Å². The molecule has 3 rings (SSSR count). The minimum Gasteiger partial charge on any atom is -0.612 e. The lowest BCUT2D eigenvalue weighted by Gasteiger charge is -2.14. The molecule has 1 unspecified atom stereocenters. The minimum absolute atomic E-state index is 0.0556. The van der Waals surface area contributed by atoms with Gasteiger partial charge in [-0.25, -0.2) is 13.1 Å². The molecule has 1 heterocycles. The Bertz CT molecular complexity index is 1260. The average Bonchev–Trinajstić information content (AvgIpc) is 2.84. The molecule has 0 bridgehead atoms. The van der Waals surface area contributed by atoms with E-state index in [1.165, 1.54) is 51.0 Å². The molecule has 0 amide bonds. The summed E-state index contributed by atoms with van der Waals surface area (Å²) in [4.78, 5) is 8.20. The molecule has 1 atom stereocenters. The van der Waals surface area contributed by atoms with Crippen molar-refractivity contribution < 1.29 is 22.4 Å². The van der Waals surface area contributed by atoms with Crippen molar-refractivity contribution in [2.75, 3.05) is 25.8 Å². The number of sulfonamides is 1. The third-order valence-corrected chi connectivity index (χ3v) is 6.67. The van der Waals surface area contributed by atoms with Crippen molar-refractivity contribution in [3.63, 3.8) is 0 Å². The Hall–Kier alpha value is -3.68. The van der Waals surface area contributed by atoms with Crippen molar-refractivity contribution >= 4 is 39.3 Å². The number of anilines is 1. The second-order valence-corrected chi connectivity index (χ2v) is 9.51. The van der Waals surface area contributed by atoms with Gasteiger partial charge in [0, 0.05) is 0 Å². The third kappa shape index (κ3) is 6.66. The van der Waals surface area contributed by atoms with Gasteiger partial charge < -0.3 is 14.0 Å². The summed E-state index contributed by atoms with van der Waals surface area (Å²) in [5.74, 6) is -0.00812. The van der Waals surface area contributed by atoms with Crippen LogP contribution in [0, 0.1) is 0 Å². The number of benzene rings is 2. The van der Waals surface area contributed by atoms with Crippen LogP contribution in [0.3, 0.4) is 0 Å². The molecule has 0 radical (unpaired) electrons. The van der Waals surface area contributed by atoms with Gasteiger partial charge in [-0.3, -0.25) is 5.32 Å². The smallest absolute Gasteiger partial charge is 0.269 e. The summed E-state index contributed by atoms with van der Waals surface area (Å²) in [5.41, 5.74) is 0.750. The van der Waals surface area contributed by atoms with E-state index in [0.29, 0.717) is 0 Å². The molecule has 0 spiro atoms. The Labute approximate surface area is 200 Å². The maximum Gasteiger partial charge on any atom is 0.269 e. The normalized spacial score (nSPS) is 12.9. The van der Waals surface area contributed by atoms with E-state index >= 15 is 0 Å². The zero-order valence-electron chi connectivity index (χ0n) is 18.5. The Morgan fingerprint density at radius 3 is 2.26 bits per heavy atom. The number of rotatable bonds is 8. The molecule has 0 aliphatic heterocycles. The predicted molar refractivity (Wildman–Crippen MR) is 129 cm³/mol. The number of guanidine groups is 1. The second-order valence-electron chi connectivity index (χ2n) is 6.51. The molecular formula is C21H22N6O5S2. The largest absolute Gasteiger partial charge is 0.612 e. The molecule has 1 aromatic heterocycles. The number of hydrogen-bond donors (Lipinski definition) is 2. The van der Waals surface area contributed by atoms with Crippen LogP contribution in [-0.4, -0.2) is 55.6 Å². The lowest BCUT2D eigenvalue weighted by atomic mass is 10.2. The fraction of sp³-hybridized carbons (Fsp3) is 0.143. The molecule has 0 saturated heterocycles. The SMILES string of the molecule is COc1cc(OC)nc(NC(=NN=Cc2ccccc2)NS(=O)(=O)c2ccccc2[S+](C)[O-])n1. The van der Waals surface area contributed by atoms with Gasteiger partial charge in [-0.2, -0.15) is 15.1 Å². The molecule has 11 nitrogen and oxygen atoms in total. The zero-order valence-corrected chi connectivity index (χ0v) is 20.1. The van der Waals surface area contributed by atoms with Crippen LogP contribution in [0.2, 0.25) is 0 Å². The van der Waals surface area contributed by atoms with E-state index < -0.39 is 21.2 Å². The fourth-order valence-corrected chi connectivity index (χ4v) is 4.98. The first-order valence-corrected chi connectivity index (χ1v) is 12.7. The van der Waals surface area contributed by atoms with E-state index in [1.807, 2.05) is 18.2 Å². The van der Waals surface area contributed by atoms with Gasteiger partial charge >= 0.3 is 0 Å². The van der Waals surface area contributed by atoms with E-state index in [1.54, 1.807) is 18.2 Å². The Kier molecular flexibility index (Phi) is 8.40. The van der Waals surface area contributed by atoms with Gasteiger partial charge in [0.2, 0.25) is 23.7 Å². The highest BCUT2D eigenvalue weighted by molar-refractivity contribution is 7.93. The monoisotopic (exact) mass is 502 g/mol. The highest BCUT2D eigenvalue weighted by Crippen LogP contribution is 2.21. The first-order valence-electron chi connectivity index (χ1n) is 9.68. The summed E-state index contributed by atoms with van der Waals surface area (Å²) < 4.78 is 50.9. The van der Waals surface area contributed by atoms with E-state index in [0.717, 1.165) is 5.56 Å². The maximum absolute atomic E-state index is 13.1. The zero-order chi connectivity index (χ0) is 24.6. The van der Waals surface area contributed by atoms with Crippen LogP contribution < -0.4 is 19.5 Å². The summed E-state index contributed by atoms with van der Waals surface area (Å²) in [6, 6.07) is 16.5. The first-order chi connectivity index (χ1) is 16.3. The van der Waals surface area contributed by atoms with Gasteiger partial charge in [-0.05, 0) is 28.9 Å². The highest BCUT2D eigenvalue weighted by Gasteiger charge is 2.25. The average molecular weight is 503 g/mol. The van der Waals surface area contributed by atoms with Crippen molar-refractivity contribution in [3.8, 4) is 11.8 Å². The molecule has 0 aliphatic carbocycles. The highest BCUT2D eigenvalue weighted by atomic mass is 32.2. The van der Waals surface area contributed by atoms with Crippen molar-refractivity contribution in [1.82, 2.24) is 14.7 Å². The van der Waals surface area contributed by atoms with Crippen molar-refractivity contribution in [1.29, 1.82) is 0 Å². The summed E-state index contributed by atoms with van der Waals surface area (Å²) >= 11 is -1.55. The first kappa shape index (κ1) is 25.0. The molecule has 0 saturated carbocycles. The van der Waals surface area contributed by atoms with Crippen LogP contribution in [0.5, 0.6) is 11.8 Å². The Morgan fingerprint density at radius 1 is 1.03 bits per heavy atom. The predicted octanol–water partition coefficient (Wildman–Crippen LogP) is 2.01. The summed E-state index contributed by atoms with van der Waals surface area (Å²) in [6.07, 6.45) is 2.83. The molecule has 13 heteroatoms. The van der Waals surface area contributed by atoms with Crippen LogP contribution in [0.1, 0.15) is 5.56 Å². The van der Waals surface area contributed by atoms with Crippen LogP contribution >= 0.6 is 0 Å². The van der Waals surface area contributed by atoms with Crippen LogP contribution in [0.15, 0.2) is 80.7 Å². The van der Waals surface area contributed by atoms with Crippen LogP contribution in [0.4, 0.5) is 5.95 Å². The molecule has 0 aliphatic rings. The van der Waals surface area contributed by atoms with Crippen molar-refractivity contribution in [2.45, 2.75) is 9.79 Å². The third-order valence-electron chi connectivity index (χ3n) is 4.17. The number of nitrogens with one attached hydrogen (secondary N) is 2. The number of aromatic nitrogens is 2. The number of methoxy groups -OCH3 is 2. The minimum atomic E-state index is -4.21. The summed E-state index contributed by atoms with van der Waals surface area (Å²) in [7, 11) is -1.39. The Morgan fingerprint density at radius 2 is 1.65 bits per heavy atom. The van der Waals surface area contributed by atoms with Gasteiger partial charge in [0.15, 0.2) is 4.90 Å². The van der Waals surface area contributed by atoms with Gasteiger partial charge in [0.25, 0.3) is 10.0 Å². The lowest BCUT2D eigenvalue weighted by Crippen LogP contribution is -2.37. The summed E-state index contributed by atoms with van der Waals surface area (Å²) in [6.45, 7) is 0. The molecular weight excluding hydrogens is 480 g/mol. The Balaban J connectivity index is 1.98. The second kappa shape index (κ2) is 11.4. The number of nitrogens with zero attached hydrogens (tertiary/aromatic N) is 4. The molecule has 2 aromatic carbocycles.